The zero-order valence-corrected chi connectivity index (χ0v) is 13.2. The molecule has 0 atom stereocenters. The number of rotatable bonds is 5. The van der Waals surface area contributed by atoms with E-state index in [0.29, 0.717) is 29.0 Å². The first-order valence-corrected chi connectivity index (χ1v) is 7.38. The van der Waals surface area contributed by atoms with E-state index in [1.807, 2.05) is 6.92 Å². The normalized spacial score (nSPS) is 10.8. The highest BCUT2D eigenvalue weighted by atomic mass is 19.1. The molecular weight excluding hydrogens is 315 g/mol. The third-order valence-electron chi connectivity index (χ3n) is 3.23. The van der Waals surface area contributed by atoms with Crippen molar-refractivity contribution in [2.24, 2.45) is 0 Å². The van der Waals surface area contributed by atoms with Crippen LogP contribution in [-0.2, 0) is 4.79 Å². The number of carbonyl (C=O) groups is 1. The van der Waals surface area contributed by atoms with Gasteiger partial charge in [-0.1, -0.05) is 17.3 Å². The minimum absolute atomic E-state index is 0.171. The van der Waals surface area contributed by atoms with Gasteiger partial charge in [0.2, 0.25) is 5.88 Å². The first-order chi connectivity index (χ1) is 11.6. The van der Waals surface area contributed by atoms with Crippen LogP contribution in [0.1, 0.15) is 12.7 Å². The van der Waals surface area contributed by atoms with Crippen LogP contribution in [-0.4, -0.2) is 34.2 Å². The van der Waals surface area contributed by atoms with E-state index in [-0.39, 0.29) is 24.1 Å². The van der Waals surface area contributed by atoms with Crippen LogP contribution in [0.3, 0.4) is 0 Å². The Bertz CT molecular complexity index is 894. The van der Waals surface area contributed by atoms with Gasteiger partial charge >= 0.3 is 0 Å². The summed E-state index contributed by atoms with van der Waals surface area (Å²) in [4.78, 5) is 20.0. The van der Waals surface area contributed by atoms with E-state index in [1.54, 1.807) is 19.1 Å². The number of hydrogen-bond donors (Lipinski definition) is 1. The number of ether oxygens (including phenoxy) is 1. The number of nitrogens with one attached hydrogen (secondary N) is 1. The molecule has 0 bridgehead atoms. The highest BCUT2D eigenvalue weighted by Gasteiger charge is 2.20. The lowest BCUT2D eigenvalue weighted by molar-refractivity contribution is -0.123. The summed E-state index contributed by atoms with van der Waals surface area (Å²) in [5.74, 6) is -0.0910. The van der Waals surface area contributed by atoms with Gasteiger partial charge in [0, 0.05) is 12.1 Å². The maximum absolute atomic E-state index is 13.5. The van der Waals surface area contributed by atoms with Crippen LogP contribution in [0.5, 0.6) is 5.88 Å². The highest BCUT2D eigenvalue weighted by Crippen LogP contribution is 2.33. The van der Waals surface area contributed by atoms with Gasteiger partial charge in [0.25, 0.3) is 11.6 Å². The van der Waals surface area contributed by atoms with Gasteiger partial charge in [0.05, 0.1) is 0 Å². The molecule has 7 nitrogen and oxygen atoms in total. The summed E-state index contributed by atoms with van der Waals surface area (Å²) in [7, 11) is 0. The number of halogens is 1. The number of fused-ring (bicyclic) bond motifs is 1. The van der Waals surface area contributed by atoms with Crippen molar-refractivity contribution in [1.82, 2.24) is 20.4 Å². The van der Waals surface area contributed by atoms with Crippen LogP contribution in [0.2, 0.25) is 0 Å². The molecule has 1 aromatic carbocycles. The van der Waals surface area contributed by atoms with E-state index in [1.165, 1.54) is 12.1 Å². The van der Waals surface area contributed by atoms with Crippen molar-refractivity contribution < 1.29 is 18.4 Å². The molecule has 0 saturated carbocycles. The van der Waals surface area contributed by atoms with E-state index >= 15 is 0 Å². The number of benzene rings is 1. The number of nitrogens with zero attached hydrogens (tertiary/aromatic N) is 3. The van der Waals surface area contributed by atoms with E-state index in [9.17, 15) is 9.18 Å². The Morgan fingerprint density at radius 3 is 2.96 bits per heavy atom. The number of carbonyl (C=O) groups excluding carboxylic acids is 1. The number of aryl methyl sites for hydroxylation is 1. The molecule has 0 aliphatic rings. The van der Waals surface area contributed by atoms with Gasteiger partial charge < -0.3 is 14.6 Å². The molecule has 0 aliphatic heterocycles. The predicted molar refractivity (Wildman–Crippen MR) is 83.9 cm³/mol. The highest BCUT2D eigenvalue weighted by molar-refractivity contribution is 5.93. The second-order valence-electron chi connectivity index (χ2n) is 5.04. The summed E-state index contributed by atoms with van der Waals surface area (Å²) in [6, 6.07) is 5.91. The quantitative estimate of drug-likeness (QED) is 0.771. The average molecular weight is 330 g/mol. The molecule has 24 heavy (non-hydrogen) atoms. The molecule has 0 radical (unpaired) electrons. The van der Waals surface area contributed by atoms with Gasteiger partial charge in [-0.25, -0.2) is 4.39 Å². The summed E-state index contributed by atoms with van der Waals surface area (Å²) in [6.07, 6.45) is 0. The monoisotopic (exact) mass is 330 g/mol. The van der Waals surface area contributed by atoms with Crippen molar-refractivity contribution in [2.75, 3.05) is 13.2 Å². The first-order valence-electron chi connectivity index (χ1n) is 7.38. The number of likely N-dealkylation sites (N-methyl/N-ethyl adjacent to an activating group) is 1. The molecule has 0 aliphatic carbocycles. The van der Waals surface area contributed by atoms with Crippen LogP contribution in [0, 0.1) is 12.7 Å². The molecule has 124 valence electrons. The zero-order valence-electron chi connectivity index (χ0n) is 13.2. The predicted octanol–water partition coefficient (Wildman–Crippen LogP) is 2.25. The van der Waals surface area contributed by atoms with Gasteiger partial charge in [-0.15, -0.1) is 0 Å². The lowest BCUT2D eigenvalue weighted by atomic mass is 10.1. The van der Waals surface area contributed by atoms with Gasteiger partial charge in [0.1, 0.15) is 22.7 Å². The van der Waals surface area contributed by atoms with Crippen LogP contribution in [0.25, 0.3) is 22.4 Å². The number of aromatic nitrogens is 3. The minimum atomic E-state index is -0.401. The number of amides is 1. The van der Waals surface area contributed by atoms with E-state index in [2.05, 4.69) is 20.4 Å². The van der Waals surface area contributed by atoms with E-state index in [0.717, 1.165) is 0 Å². The number of hydrogen-bond acceptors (Lipinski definition) is 6. The van der Waals surface area contributed by atoms with Gasteiger partial charge in [-0.3, -0.25) is 4.79 Å². The third-order valence-corrected chi connectivity index (χ3v) is 3.23. The Hall–Kier alpha value is -3.03. The Kier molecular flexibility index (Phi) is 4.37. The zero-order chi connectivity index (χ0) is 17.1. The summed E-state index contributed by atoms with van der Waals surface area (Å²) in [6.45, 7) is 3.78. The van der Waals surface area contributed by atoms with Gasteiger partial charge in [-0.05, 0) is 26.0 Å². The second-order valence-corrected chi connectivity index (χ2v) is 5.04. The van der Waals surface area contributed by atoms with Crippen LogP contribution in [0.4, 0.5) is 4.39 Å². The fourth-order valence-corrected chi connectivity index (χ4v) is 2.24. The topological polar surface area (TPSA) is 90.1 Å². The fraction of sp³-hybridized carbons (Fsp3) is 0.250. The van der Waals surface area contributed by atoms with Crippen molar-refractivity contribution >= 4 is 17.0 Å². The van der Waals surface area contributed by atoms with Crippen molar-refractivity contribution in [2.45, 2.75) is 13.8 Å². The standard InChI is InChI=1S/C16H15FN4O3/c1-3-18-12(22)8-23-15-13-14(10-5-4-6-11(17)7-10)21-24-16(13)20-9(2)19-15/h4-7H,3,8H2,1-2H3,(H,18,22). The lowest BCUT2D eigenvalue weighted by Crippen LogP contribution is -2.28. The maximum Gasteiger partial charge on any atom is 0.265 e. The summed E-state index contributed by atoms with van der Waals surface area (Å²) in [5.41, 5.74) is 1.08. The van der Waals surface area contributed by atoms with Crippen molar-refractivity contribution in [1.29, 1.82) is 0 Å². The molecule has 2 aromatic heterocycles. The molecule has 0 saturated heterocycles. The van der Waals surface area contributed by atoms with Crippen molar-refractivity contribution in [3.63, 3.8) is 0 Å². The average Bonchev–Trinajstić information content (AvgIpc) is 2.96. The van der Waals surface area contributed by atoms with E-state index in [4.69, 9.17) is 9.26 Å². The molecule has 3 rings (SSSR count). The Morgan fingerprint density at radius 2 is 2.21 bits per heavy atom. The minimum Gasteiger partial charge on any atom is -0.467 e. The van der Waals surface area contributed by atoms with E-state index < -0.39 is 5.82 Å². The van der Waals surface area contributed by atoms with Crippen LogP contribution < -0.4 is 10.1 Å². The van der Waals surface area contributed by atoms with Crippen molar-refractivity contribution in [3.05, 3.63) is 35.9 Å². The summed E-state index contributed by atoms with van der Waals surface area (Å²) >= 11 is 0. The Morgan fingerprint density at radius 1 is 1.38 bits per heavy atom. The largest absolute Gasteiger partial charge is 0.467 e. The Labute approximate surface area is 136 Å². The Balaban J connectivity index is 2.04. The van der Waals surface area contributed by atoms with Crippen LogP contribution in [0.15, 0.2) is 28.8 Å². The van der Waals surface area contributed by atoms with Gasteiger partial charge in [0.15, 0.2) is 6.61 Å². The fourth-order valence-electron chi connectivity index (χ4n) is 2.24. The summed E-state index contributed by atoms with van der Waals surface area (Å²) < 4.78 is 24.2. The molecule has 0 spiro atoms. The van der Waals surface area contributed by atoms with Gasteiger partial charge in [-0.2, -0.15) is 9.97 Å². The van der Waals surface area contributed by atoms with Crippen molar-refractivity contribution in [3.8, 4) is 17.1 Å². The second kappa shape index (κ2) is 6.61. The molecule has 3 aromatic rings. The molecular formula is C16H15FN4O3. The molecule has 0 fully saturated rings. The molecule has 2 heterocycles. The lowest BCUT2D eigenvalue weighted by Gasteiger charge is -2.07. The molecule has 0 unspecified atom stereocenters. The van der Waals surface area contributed by atoms with Crippen LogP contribution >= 0.6 is 0 Å². The molecule has 1 amide bonds. The summed E-state index contributed by atoms with van der Waals surface area (Å²) in [5, 5.41) is 6.98. The maximum atomic E-state index is 13.5. The molecule has 8 heteroatoms. The third kappa shape index (κ3) is 3.17. The molecule has 1 N–H and O–H groups in total. The first kappa shape index (κ1) is 15.9. The smallest absolute Gasteiger partial charge is 0.265 e. The SMILES string of the molecule is CCNC(=O)COc1nc(C)nc2onc(-c3cccc(F)c3)c12.